The Morgan fingerprint density at radius 3 is 2.86 bits per heavy atom. The van der Waals surface area contributed by atoms with Crippen molar-refractivity contribution in [1.29, 1.82) is 0 Å². The third-order valence-electron chi connectivity index (χ3n) is 3.97. The minimum Gasteiger partial charge on any atom is -0.309 e. The topological polar surface area (TPSA) is 29.9 Å². The largest absolute Gasteiger partial charge is 0.309 e. The molecule has 21 heavy (non-hydrogen) atoms. The van der Waals surface area contributed by atoms with Gasteiger partial charge in [0.25, 0.3) is 0 Å². The first-order chi connectivity index (χ1) is 10.3. The first kappa shape index (κ1) is 15.8. The van der Waals surface area contributed by atoms with Gasteiger partial charge in [-0.05, 0) is 31.9 Å². The quantitative estimate of drug-likeness (QED) is 0.548. The Balaban J connectivity index is 2.10. The van der Waals surface area contributed by atoms with Crippen LogP contribution in [0.1, 0.15) is 50.8 Å². The molecule has 114 valence electrons. The number of rotatable bonds is 9. The van der Waals surface area contributed by atoms with Crippen LogP contribution in [-0.2, 0) is 7.05 Å². The number of fused-ring (bicyclic) bond motifs is 1. The smallest absolute Gasteiger partial charge is 0.0872 e. The maximum absolute atomic E-state index is 4.76. The predicted molar refractivity (Wildman–Crippen MR) is 90.4 cm³/mol. The minimum atomic E-state index is 0.352. The van der Waals surface area contributed by atoms with Crippen molar-refractivity contribution in [3.8, 4) is 0 Å². The SMILES string of the molecule is C=CCCCCCC(NCC)c1nn(C)c2ccccc12. The summed E-state index contributed by atoms with van der Waals surface area (Å²) in [5, 5.41) is 9.64. The van der Waals surface area contributed by atoms with Gasteiger partial charge in [0, 0.05) is 12.4 Å². The molecule has 1 N–H and O–H groups in total. The summed E-state index contributed by atoms with van der Waals surface area (Å²) in [4.78, 5) is 0. The van der Waals surface area contributed by atoms with Crippen LogP contribution in [0.25, 0.3) is 10.9 Å². The van der Waals surface area contributed by atoms with Crippen LogP contribution in [0.3, 0.4) is 0 Å². The molecule has 0 saturated carbocycles. The Bertz CT molecular complexity index is 571. The maximum atomic E-state index is 4.76. The number of nitrogens with zero attached hydrogens (tertiary/aromatic N) is 2. The van der Waals surface area contributed by atoms with E-state index in [1.54, 1.807) is 0 Å². The standard InChI is InChI=1S/C18H27N3/c1-4-6-7-8-9-13-16(19-5-2)18-15-12-10-11-14-17(15)21(3)20-18/h4,10-12,14,16,19H,1,5-9,13H2,2-3H3. The van der Waals surface area contributed by atoms with Crippen LogP contribution in [-0.4, -0.2) is 16.3 Å². The maximum Gasteiger partial charge on any atom is 0.0872 e. The van der Waals surface area contributed by atoms with E-state index in [-0.39, 0.29) is 0 Å². The summed E-state index contributed by atoms with van der Waals surface area (Å²) in [5.41, 5.74) is 2.40. The van der Waals surface area contributed by atoms with Crippen molar-refractivity contribution >= 4 is 10.9 Å². The summed E-state index contributed by atoms with van der Waals surface area (Å²) in [7, 11) is 2.03. The van der Waals surface area contributed by atoms with Gasteiger partial charge in [-0.2, -0.15) is 5.10 Å². The molecular formula is C18H27N3. The normalized spacial score (nSPS) is 12.7. The lowest BCUT2D eigenvalue weighted by Crippen LogP contribution is -2.21. The Morgan fingerprint density at radius 2 is 2.10 bits per heavy atom. The summed E-state index contributed by atoms with van der Waals surface area (Å²) in [6.45, 7) is 6.92. The third kappa shape index (κ3) is 3.94. The van der Waals surface area contributed by atoms with Gasteiger partial charge >= 0.3 is 0 Å². The van der Waals surface area contributed by atoms with E-state index in [1.807, 2.05) is 17.8 Å². The Morgan fingerprint density at radius 1 is 1.29 bits per heavy atom. The Hall–Kier alpha value is -1.61. The number of nitrogens with one attached hydrogen (secondary N) is 1. The Kier molecular flexibility index (Phi) is 6.00. The van der Waals surface area contributed by atoms with E-state index >= 15 is 0 Å². The first-order valence-corrected chi connectivity index (χ1v) is 8.03. The number of hydrogen-bond acceptors (Lipinski definition) is 2. The van der Waals surface area contributed by atoms with Gasteiger partial charge in [0.2, 0.25) is 0 Å². The molecule has 0 amide bonds. The van der Waals surface area contributed by atoms with Crippen molar-refractivity contribution < 1.29 is 0 Å². The fourth-order valence-corrected chi connectivity index (χ4v) is 2.89. The van der Waals surface area contributed by atoms with Gasteiger partial charge in [-0.3, -0.25) is 4.68 Å². The highest BCUT2D eigenvalue weighted by Gasteiger charge is 2.17. The molecule has 0 saturated heterocycles. The molecule has 0 bridgehead atoms. The van der Waals surface area contributed by atoms with Gasteiger partial charge < -0.3 is 5.32 Å². The molecule has 3 heteroatoms. The van der Waals surface area contributed by atoms with E-state index in [2.05, 4.69) is 43.1 Å². The fourth-order valence-electron chi connectivity index (χ4n) is 2.89. The van der Waals surface area contributed by atoms with Crippen molar-refractivity contribution in [2.24, 2.45) is 7.05 Å². The summed E-state index contributed by atoms with van der Waals surface area (Å²) >= 11 is 0. The average Bonchev–Trinajstić information content (AvgIpc) is 2.84. The van der Waals surface area contributed by atoms with Crippen LogP contribution >= 0.6 is 0 Å². The molecule has 1 aromatic carbocycles. The van der Waals surface area contributed by atoms with E-state index in [1.165, 1.54) is 35.9 Å². The number of para-hydroxylation sites is 1. The molecule has 2 rings (SSSR count). The highest BCUT2D eigenvalue weighted by Crippen LogP contribution is 2.26. The summed E-state index contributed by atoms with van der Waals surface area (Å²) < 4.78 is 1.99. The molecule has 0 fully saturated rings. The van der Waals surface area contributed by atoms with Crippen LogP contribution in [0.15, 0.2) is 36.9 Å². The third-order valence-corrected chi connectivity index (χ3v) is 3.97. The number of benzene rings is 1. The molecule has 3 nitrogen and oxygen atoms in total. The predicted octanol–water partition coefficient (Wildman–Crippen LogP) is 4.36. The van der Waals surface area contributed by atoms with Gasteiger partial charge in [0.15, 0.2) is 0 Å². The minimum absolute atomic E-state index is 0.352. The molecule has 0 aliphatic heterocycles. The van der Waals surface area contributed by atoms with Crippen molar-refractivity contribution in [3.63, 3.8) is 0 Å². The van der Waals surface area contributed by atoms with Crippen molar-refractivity contribution in [3.05, 3.63) is 42.6 Å². The second-order valence-electron chi connectivity index (χ2n) is 5.56. The number of aryl methyl sites for hydroxylation is 1. The molecule has 1 heterocycles. The molecule has 0 aliphatic carbocycles. The lowest BCUT2D eigenvalue weighted by Gasteiger charge is -2.16. The van der Waals surface area contributed by atoms with Gasteiger partial charge in [-0.1, -0.05) is 44.0 Å². The zero-order chi connectivity index (χ0) is 15.1. The molecule has 0 radical (unpaired) electrons. The van der Waals surface area contributed by atoms with Crippen LogP contribution in [0.2, 0.25) is 0 Å². The Labute approximate surface area is 128 Å². The fraction of sp³-hybridized carbons (Fsp3) is 0.500. The van der Waals surface area contributed by atoms with E-state index in [9.17, 15) is 0 Å². The zero-order valence-electron chi connectivity index (χ0n) is 13.3. The highest BCUT2D eigenvalue weighted by molar-refractivity contribution is 5.82. The number of unbranched alkanes of at least 4 members (excludes halogenated alkanes) is 3. The van der Waals surface area contributed by atoms with Crippen LogP contribution in [0.5, 0.6) is 0 Å². The summed E-state index contributed by atoms with van der Waals surface area (Å²) in [5.74, 6) is 0. The molecule has 0 aliphatic rings. The molecule has 2 aromatic rings. The van der Waals surface area contributed by atoms with Crippen molar-refractivity contribution in [1.82, 2.24) is 15.1 Å². The molecular weight excluding hydrogens is 258 g/mol. The highest BCUT2D eigenvalue weighted by atomic mass is 15.3. The van der Waals surface area contributed by atoms with Gasteiger partial charge in [-0.25, -0.2) is 0 Å². The van der Waals surface area contributed by atoms with Gasteiger partial charge in [0.05, 0.1) is 17.3 Å². The van der Waals surface area contributed by atoms with E-state index in [0.717, 1.165) is 19.4 Å². The van der Waals surface area contributed by atoms with Crippen LogP contribution in [0.4, 0.5) is 0 Å². The summed E-state index contributed by atoms with van der Waals surface area (Å²) in [6, 6.07) is 8.84. The molecule has 1 atom stereocenters. The lowest BCUT2D eigenvalue weighted by molar-refractivity contribution is 0.472. The molecule has 1 aromatic heterocycles. The van der Waals surface area contributed by atoms with Crippen molar-refractivity contribution in [2.75, 3.05) is 6.54 Å². The summed E-state index contributed by atoms with van der Waals surface area (Å²) in [6.07, 6.45) is 8.01. The number of aromatic nitrogens is 2. The van der Waals surface area contributed by atoms with Gasteiger partial charge in [-0.15, -0.1) is 6.58 Å². The van der Waals surface area contributed by atoms with Crippen LogP contribution in [0, 0.1) is 0 Å². The van der Waals surface area contributed by atoms with E-state index < -0.39 is 0 Å². The van der Waals surface area contributed by atoms with Crippen molar-refractivity contribution in [2.45, 2.75) is 45.1 Å². The first-order valence-electron chi connectivity index (χ1n) is 8.03. The van der Waals surface area contributed by atoms with E-state index in [0.29, 0.717) is 6.04 Å². The van der Waals surface area contributed by atoms with E-state index in [4.69, 9.17) is 5.10 Å². The van der Waals surface area contributed by atoms with Gasteiger partial charge in [0.1, 0.15) is 0 Å². The lowest BCUT2D eigenvalue weighted by atomic mass is 10.0. The molecule has 1 unspecified atom stereocenters. The monoisotopic (exact) mass is 285 g/mol. The number of hydrogen-bond donors (Lipinski definition) is 1. The molecule has 0 spiro atoms. The number of allylic oxidation sites excluding steroid dienone is 1. The average molecular weight is 285 g/mol. The zero-order valence-corrected chi connectivity index (χ0v) is 13.3. The second-order valence-corrected chi connectivity index (χ2v) is 5.56. The second kappa shape index (κ2) is 7.99. The van der Waals surface area contributed by atoms with Crippen LogP contribution < -0.4 is 5.32 Å².